The largest absolute Gasteiger partial charge is 0.507 e. The number of pyridine rings is 1. The summed E-state index contributed by atoms with van der Waals surface area (Å²) in [5.74, 6) is -0.575. The van der Waals surface area contributed by atoms with Gasteiger partial charge >= 0.3 is 5.97 Å². The van der Waals surface area contributed by atoms with E-state index in [-0.39, 0.29) is 22.6 Å². The van der Waals surface area contributed by atoms with Gasteiger partial charge in [0.15, 0.2) is 10.6 Å². The van der Waals surface area contributed by atoms with Crippen molar-refractivity contribution in [3.05, 3.63) is 77.6 Å². The Hall–Kier alpha value is -3.39. The Labute approximate surface area is 224 Å². The molecule has 1 aliphatic carbocycles. The third-order valence-corrected chi connectivity index (χ3v) is 9.39. The van der Waals surface area contributed by atoms with Crippen LogP contribution in [0.4, 0.5) is 5.69 Å². The van der Waals surface area contributed by atoms with Crippen molar-refractivity contribution in [1.29, 1.82) is 0 Å². The molecule has 5 rings (SSSR count). The summed E-state index contributed by atoms with van der Waals surface area (Å²) >= 11 is 0. The van der Waals surface area contributed by atoms with E-state index in [1.165, 1.54) is 17.4 Å². The first-order valence-electron chi connectivity index (χ1n) is 13.3. The number of aliphatic hydroxyl groups is 1. The Morgan fingerprint density at radius 3 is 2.45 bits per heavy atom. The maximum Gasteiger partial charge on any atom is 0.339 e. The van der Waals surface area contributed by atoms with Crippen LogP contribution in [0.5, 0.6) is 0 Å². The van der Waals surface area contributed by atoms with E-state index in [2.05, 4.69) is 4.98 Å². The van der Waals surface area contributed by atoms with Crippen molar-refractivity contribution in [3.63, 3.8) is 0 Å². The number of ether oxygens (including phenoxy) is 1. The molecule has 1 unspecified atom stereocenters. The number of sulfonamides is 1. The highest BCUT2D eigenvalue weighted by atomic mass is 32.2. The number of nitrogens with zero attached hydrogens (tertiary/aromatic N) is 2. The fourth-order valence-electron chi connectivity index (χ4n) is 5.66. The van der Waals surface area contributed by atoms with Crippen LogP contribution in [-0.2, 0) is 19.6 Å². The zero-order valence-corrected chi connectivity index (χ0v) is 22.9. The fourth-order valence-corrected chi connectivity index (χ4v) is 6.78. The average Bonchev–Trinajstić information content (AvgIpc) is 3.72. The van der Waals surface area contributed by atoms with Crippen LogP contribution in [0.2, 0.25) is 0 Å². The van der Waals surface area contributed by atoms with Gasteiger partial charge in [-0.1, -0.05) is 57.0 Å². The molecule has 0 radical (unpaired) electrons. The number of rotatable bonds is 10. The maximum atomic E-state index is 13.5. The lowest BCUT2D eigenvalue weighted by Crippen LogP contribution is -2.31. The van der Waals surface area contributed by atoms with Gasteiger partial charge in [0.2, 0.25) is 0 Å². The Morgan fingerprint density at radius 1 is 1.05 bits per heavy atom. The summed E-state index contributed by atoms with van der Waals surface area (Å²) in [4.78, 5) is 17.6. The SMILES string of the molecule is CCCC1(CCC)OC(=O)C(C(c2cccc(N(C)S(=O)(=O)c3ccc4ccccc4n3)c2)C2CC2)=C1O. The number of hydrogen-bond donors (Lipinski definition) is 1. The second kappa shape index (κ2) is 10.1. The average molecular weight is 535 g/mol. The van der Waals surface area contributed by atoms with Crippen LogP contribution >= 0.6 is 0 Å². The molecule has 0 bridgehead atoms. The highest BCUT2D eigenvalue weighted by Gasteiger charge is 2.51. The number of anilines is 1. The van der Waals surface area contributed by atoms with E-state index < -0.39 is 21.6 Å². The predicted molar refractivity (Wildman–Crippen MR) is 148 cm³/mol. The maximum absolute atomic E-state index is 13.5. The zero-order valence-electron chi connectivity index (χ0n) is 22.1. The van der Waals surface area contributed by atoms with Crippen LogP contribution in [0.15, 0.2) is 77.0 Å². The number of aromatic nitrogens is 1. The second-order valence-electron chi connectivity index (χ2n) is 10.4. The van der Waals surface area contributed by atoms with Crippen LogP contribution < -0.4 is 4.31 Å². The Balaban J connectivity index is 1.52. The molecule has 1 aliphatic heterocycles. The summed E-state index contributed by atoms with van der Waals surface area (Å²) in [5, 5.41) is 12.2. The standard InChI is InChI=1S/C30H34N2O5S/c1-4-17-30(18-5-2)28(33)27(29(34)37-30)26(21-13-14-21)22-10-8-11-23(19-22)32(3)38(35,36)25-16-15-20-9-6-7-12-24(20)31-25/h6-12,15-16,19,21,26,33H,4-5,13-14,17-18H2,1-3H3. The Morgan fingerprint density at radius 2 is 1.76 bits per heavy atom. The first-order valence-corrected chi connectivity index (χ1v) is 14.8. The predicted octanol–water partition coefficient (Wildman–Crippen LogP) is 6.26. The molecule has 1 aromatic heterocycles. The number of aliphatic hydroxyl groups excluding tert-OH is 1. The molecule has 0 saturated heterocycles. The van der Waals surface area contributed by atoms with Crippen LogP contribution in [0, 0.1) is 5.92 Å². The molecular formula is C30H34N2O5S. The first-order chi connectivity index (χ1) is 18.2. The molecule has 2 aliphatic rings. The number of cyclic esters (lactones) is 1. The topological polar surface area (TPSA) is 96.8 Å². The van der Waals surface area contributed by atoms with E-state index in [0.29, 0.717) is 29.6 Å². The minimum atomic E-state index is -3.94. The quantitative estimate of drug-likeness (QED) is 0.308. The lowest BCUT2D eigenvalue weighted by Gasteiger charge is -2.27. The molecule has 1 saturated carbocycles. The summed E-state index contributed by atoms with van der Waals surface area (Å²) < 4.78 is 34.2. The van der Waals surface area contributed by atoms with Gasteiger partial charge in [-0.2, -0.15) is 8.42 Å². The zero-order chi connectivity index (χ0) is 27.1. The molecule has 8 heteroatoms. The van der Waals surface area contributed by atoms with E-state index in [9.17, 15) is 18.3 Å². The highest BCUT2D eigenvalue weighted by molar-refractivity contribution is 7.92. The minimum absolute atomic E-state index is 0.0357. The van der Waals surface area contributed by atoms with Crippen LogP contribution in [0.1, 0.15) is 63.9 Å². The molecule has 3 aromatic rings. The number of para-hydroxylation sites is 1. The van der Waals surface area contributed by atoms with Crippen molar-refractivity contribution in [1.82, 2.24) is 4.98 Å². The molecule has 7 nitrogen and oxygen atoms in total. The van der Waals surface area contributed by atoms with E-state index >= 15 is 0 Å². The van der Waals surface area contributed by atoms with Gasteiger partial charge in [-0.05, 0) is 67.5 Å². The van der Waals surface area contributed by atoms with Crippen molar-refractivity contribution in [2.24, 2.45) is 5.92 Å². The van der Waals surface area contributed by atoms with Gasteiger partial charge in [-0.25, -0.2) is 9.78 Å². The molecule has 1 atom stereocenters. The first kappa shape index (κ1) is 26.2. The Kier molecular flexibility index (Phi) is 6.94. The van der Waals surface area contributed by atoms with Crippen molar-refractivity contribution < 1.29 is 23.1 Å². The lowest BCUT2D eigenvalue weighted by atomic mass is 9.82. The highest BCUT2D eigenvalue weighted by Crippen LogP contribution is 2.52. The number of fused-ring (bicyclic) bond motifs is 1. The number of hydrogen-bond acceptors (Lipinski definition) is 6. The molecule has 200 valence electrons. The van der Waals surface area contributed by atoms with Crippen molar-refractivity contribution in [2.75, 3.05) is 11.4 Å². The monoisotopic (exact) mass is 534 g/mol. The summed E-state index contributed by atoms with van der Waals surface area (Å²) in [6, 6.07) is 17.9. The Bertz CT molecular complexity index is 1500. The summed E-state index contributed by atoms with van der Waals surface area (Å²) in [7, 11) is -2.43. The molecular weight excluding hydrogens is 500 g/mol. The summed E-state index contributed by atoms with van der Waals surface area (Å²) in [6.45, 7) is 4.03. The third-order valence-electron chi connectivity index (χ3n) is 7.70. The van der Waals surface area contributed by atoms with Crippen LogP contribution in [-0.4, -0.2) is 37.1 Å². The van der Waals surface area contributed by atoms with Gasteiger partial charge in [0.25, 0.3) is 10.0 Å². The molecule has 1 N–H and O–H groups in total. The van der Waals surface area contributed by atoms with E-state index in [1.807, 2.05) is 38.1 Å². The number of esters is 1. The van der Waals surface area contributed by atoms with E-state index in [1.54, 1.807) is 30.3 Å². The van der Waals surface area contributed by atoms with E-state index in [4.69, 9.17) is 4.74 Å². The van der Waals surface area contributed by atoms with Gasteiger partial charge in [-0.3, -0.25) is 4.31 Å². The molecule has 38 heavy (non-hydrogen) atoms. The van der Waals surface area contributed by atoms with Crippen molar-refractivity contribution in [2.45, 2.75) is 68.9 Å². The van der Waals surface area contributed by atoms with Gasteiger partial charge in [-0.15, -0.1) is 0 Å². The van der Waals surface area contributed by atoms with Gasteiger partial charge in [0.1, 0.15) is 5.76 Å². The second-order valence-corrected chi connectivity index (χ2v) is 12.3. The van der Waals surface area contributed by atoms with Gasteiger partial charge in [0, 0.05) is 18.4 Å². The number of carbonyl (C=O) groups excluding carboxylic acids is 1. The third kappa shape index (κ3) is 4.55. The molecule has 2 heterocycles. The molecule has 1 fully saturated rings. The molecule has 0 spiro atoms. The van der Waals surface area contributed by atoms with Gasteiger partial charge in [0.05, 0.1) is 16.8 Å². The van der Waals surface area contributed by atoms with Crippen molar-refractivity contribution >= 4 is 32.6 Å². The summed E-state index contributed by atoms with van der Waals surface area (Å²) in [6.07, 6.45) is 4.56. The van der Waals surface area contributed by atoms with Crippen LogP contribution in [0.25, 0.3) is 10.9 Å². The van der Waals surface area contributed by atoms with Crippen molar-refractivity contribution in [3.8, 4) is 0 Å². The minimum Gasteiger partial charge on any atom is -0.507 e. The van der Waals surface area contributed by atoms with Gasteiger partial charge < -0.3 is 9.84 Å². The number of carbonyl (C=O) groups is 1. The van der Waals surface area contributed by atoms with E-state index in [0.717, 1.165) is 36.6 Å². The molecule has 2 aromatic carbocycles. The summed E-state index contributed by atoms with van der Waals surface area (Å²) in [5.41, 5.74) is 1.22. The fraction of sp³-hybridized carbons (Fsp3) is 0.400. The normalized spacial score (nSPS) is 18.0. The number of benzene rings is 2. The molecule has 0 amide bonds. The smallest absolute Gasteiger partial charge is 0.339 e. The van der Waals surface area contributed by atoms with Crippen LogP contribution in [0.3, 0.4) is 0 Å². The lowest BCUT2D eigenvalue weighted by molar-refractivity contribution is -0.149.